The van der Waals surface area contributed by atoms with Gasteiger partial charge in [0.2, 0.25) is 0 Å². The molecular weight excluding hydrogens is 346 g/mol. The van der Waals surface area contributed by atoms with Crippen LogP contribution in [0.3, 0.4) is 0 Å². The first-order valence-corrected chi connectivity index (χ1v) is 12.6. The van der Waals surface area contributed by atoms with Crippen molar-refractivity contribution in [2.45, 2.75) is 83.5 Å². The van der Waals surface area contributed by atoms with E-state index in [4.69, 9.17) is 0 Å². The van der Waals surface area contributed by atoms with Crippen LogP contribution >= 0.6 is 0 Å². The molecule has 0 atom stereocenters. The molecule has 5 nitrogen and oxygen atoms in total. The monoisotopic (exact) mass is 395 g/mol. The lowest BCUT2D eigenvalue weighted by atomic mass is 10.0. The van der Waals surface area contributed by atoms with Crippen LogP contribution in [0.4, 0.5) is 0 Å². The second-order valence-electron chi connectivity index (χ2n) is 8.75. The average Bonchev–Trinajstić information content (AvgIpc) is 2.71. The molecule has 2 rings (SSSR count). The Morgan fingerprint density at radius 3 is 1.29 bits per heavy atom. The largest absolute Gasteiger partial charge is 0.317 e. The number of hydrogen-bond acceptors (Lipinski definition) is 5. The van der Waals surface area contributed by atoms with Crippen LogP contribution < -0.4 is 16.0 Å². The fourth-order valence-electron chi connectivity index (χ4n) is 4.45. The molecule has 28 heavy (non-hydrogen) atoms. The van der Waals surface area contributed by atoms with Gasteiger partial charge in [0.05, 0.1) is 0 Å². The normalized spacial score (nSPS) is 26.1. The van der Waals surface area contributed by atoms with E-state index in [-0.39, 0.29) is 0 Å². The molecule has 0 aromatic carbocycles. The predicted molar refractivity (Wildman–Crippen MR) is 122 cm³/mol. The molecule has 0 aromatic heterocycles. The Morgan fingerprint density at radius 1 is 0.286 bits per heavy atom. The predicted octanol–water partition coefficient (Wildman–Crippen LogP) is 3.37. The Bertz CT molecular complexity index is 279. The lowest BCUT2D eigenvalue weighted by molar-refractivity contribution is -0.0279. The summed E-state index contributed by atoms with van der Waals surface area (Å²) < 4.78 is 0. The zero-order valence-corrected chi connectivity index (χ0v) is 18.7. The molecule has 3 N–H and O–H groups in total. The minimum absolute atomic E-state index is 1.08. The molecule has 0 bridgehead atoms. The molecule has 0 saturated carbocycles. The molecule has 2 fully saturated rings. The highest BCUT2D eigenvalue weighted by Crippen LogP contribution is 2.14. The van der Waals surface area contributed by atoms with E-state index in [1.165, 1.54) is 103 Å². The summed E-state index contributed by atoms with van der Waals surface area (Å²) in [4.78, 5) is 0. The van der Waals surface area contributed by atoms with Crippen molar-refractivity contribution in [3.63, 3.8) is 0 Å². The third-order valence-corrected chi connectivity index (χ3v) is 6.23. The molecule has 2 heterocycles. The van der Waals surface area contributed by atoms with Crippen LogP contribution in [0.2, 0.25) is 0 Å². The maximum atomic E-state index is 3.65. The summed E-state index contributed by atoms with van der Waals surface area (Å²) in [5.74, 6) is 0. The molecular formula is C23H49N5. The summed E-state index contributed by atoms with van der Waals surface area (Å²) in [5.41, 5.74) is 0. The Balaban J connectivity index is 1.82. The lowest BCUT2D eigenvalue weighted by Gasteiger charge is -2.36. The molecule has 166 valence electrons. The maximum absolute atomic E-state index is 3.65. The van der Waals surface area contributed by atoms with E-state index in [1.54, 1.807) is 0 Å². The van der Waals surface area contributed by atoms with E-state index in [0.717, 1.165) is 45.8 Å². The zero-order valence-electron chi connectivity index (χ0n) is 18.7. The Kier molecular flexibility index (Phi) is 15.2. The molecule has 2 aliphatic rings. The van der Waals surface area contributed by atoms with E-state index < -0.39 is 0 Å². The number of rotatable bonds is 1. The van der Waals surface area contributed by atoms with E-state index >= 15 is 0 Å². The first-order valence-electron chi connectivity index (χ1n) is 12.6. The standard InChI is InChI=1S/C23H49N5/c1-2-4-6-8-10-20-27(21-11-9-7-5-3-1)28-22-13-16-24-14-12-15-25-17-18-26-19-23-28/h24-26H,1-23H2. The van der Waals surface area contributed by atoms with Gasteiger partial charge >= 0.3 is 0 Å². The molecule has 0 radical (unpaired) electrons. The van der Waals surface area contributed by atoms with Gasteiger partial charge in [-0.05, 0) is 45.3 Å². The minimum Gasteiger partial charge on any atom is -0.317 e. The summed E-state index contributed by atoms with van der Waals surface area (Å²) in [6.07, 6.45) is 18.2. The van der Waals surface area contributed by atoms with Crippen molar-refractivity contribution >= 4 is 0 Å². The van der Waals surface area contributed by atoms with Crippen molar-refractivity contribution in [1.82, 2.24) is 26.0 Å². The average molecular weight is 396 g/mol. The van der Waals surface area contributed by atoms with Crippen molar-refractivity contribution in [1.29, 1.82) is 0 Å². The van der Waals surface area contributed by atoms with Crippen LogP contribution in [0.15, 0.2) is 0 Å². The topological polar surface area (TPSA) is 42.6 Å². The van der Waals surface area contributed by atoms with Crippen molar-refractivity contribution in [3.05, 3.63) is 0 Å². The van der Waals surface area contributed by atoms with Gasteiger partial charge in [0.25, 0.3) is 0 Å². The number of nitrogens with one attached hydrogen (secondary N) is 3. The SMILES string of the molecule is C1CCCCCCN(N2CCCNCCCNCCNCC2)CCCCCC1. The number of nitrogens with zero attached hydrogens (tertiary/aromatic N) is 2. The fourth-order valence-corrected chi connectivity index (χ4v) is 4.45. The Hall–Kier alpha value is -0.200. The van der Waals surface area contributed by atoms with Crippen LogP contribution in [0, 0.1) is 0 Å². The third kappa shape index (κ3) is 12.4. The molecule has 0 amide bonds. The summed E-state index contributed by atoms with van der Waals surface area (Å²) in [6, 6.07) is 0. The fraction of sp³-hybridized carbons (Fsp3) is 1.00. The van der Waals surface area contributed by atoms with Crippen molar-refractivity contribution in [2.75, 3.05) is 65.4 Å². The van der Waals surface area contributed by atoms with Crippen LogP contribution in [0.1, 0.15) is 83.5 Å². The van der Waals surface area contributed by atoms with E-state index in [0.29, 0.717) is 0 Å². The number of hydrogen-bond donors (Lipinski definition) is 3. The Morgan fingerprint density at radius 2 is 0.679 bits per heavy atom. The highest BCUT2D eigenvalue weighted by atomic mass is 15.6. The van der Waals surface area contributed by atoms with Gasteiger partial charge in [-0.3, -0.25) is 0 Å². The summed E-state index contributed by atoms with van der Waals surface area (Å²) >= 11 is 0. The first-order chi connectivity index (χ1) is 14.0. The van der Waals surface area contributed by atoms with Gasteiger partial charge < -0.3 is 16.0 Å². The van der Waals surface area contributed by atoms with Gasteiger partial charge in [-0.1, -0.05) is 57.8 Å². The maximum Gasteiger partial charge on any atom is 0.0258 e. The lowest BCUT2D eigenvalue weighted by Crippen LogP contribution is -2.48. The number of hydrazine groups is 1. The molecule has 5 heteroatoms. The minimum atomic E-state index is 1.08. The summed E-state index contributed by atoms with van der Waals surface area (Å²) in [5, 5.41) is 16.2. The van der Waals surface area contributed by atoms with Gasteiger partial charge in [-0.2, -0.15) is 0 Å². The van der Waals surface area contributed by atoms with E-state index in [9.17, 15) is 0 Å². The molecule has 2 saturated heterocycles. The van der Waals surface area contributed by atoms with Crippen LogP contribution in [0.25, 0.3) is 0 Å². The van der Waals surface area contributed by atoms with E-state index in [2.05, 4.69) is 26.0 Å². The van der Waals surface area contributed by atoms with Gasteiger partial charge in [0, 0.05) is 45.8 Å². The third-order valence-electron chi connectivity index (χ3n) is 6.23. The molecule has 2 aliphatic heterocycles. The smallest absolute Gasteiger partial charge is 0.0258 e. The highest BCUT2D eigenvalue weighted by Gasteiger charge is 2.15. The van der Waals surface area contributed by atoms with Gasteiger partial charge in [-0.15, -0.1) is 0 Å². The van der Waals surface area contributed by atoms with Gasteiger partial charge in [0.1, 0.15) is 0 Å². The summed E-state index contributed by atoms with van der Waals surface area (Å²) in [6.45, 7) is 11.6. The van der Waals surface area contributed by atoms with Crippen molar-refractivity contribution in [2.24, 2.45) is 0 Å². The highest BCUT2D eigenvalue weighted by molar-refractivity contribution is 4.65. The van der Waals surface area contributed by atoms with Crippen LogP contribution in [-0.4, -0.2) is 75.5 Å². The Labute approximate surface area is 175 Å². The first kappa shape index (κ1) is 24.1. The van der Waals surface area contributed by atoms with E-state index in [1.807, 2.05) is 0 Å². The van der Waals surface area contributed by atoms with Crippen molar-refractivity contribution < 1.29 is 0 Å². The van der Waals surface area contributed by atoms with Crippen LogP contribution in [-0.2, 0) is 0 Å². The second kappa shape index (κ2) is 17.6. The quantitative estimate of drug-likeness (QED) is 0.635. The summed E-state index contributed by atoms with van der Waals surface area (Å²) in [7, 11) is 0. The van der Waals surface area contributed by atoms with Gasteiger partial charge in [0.15, 0.2) is 0 Å². The second-order valence-corrected chi connectivity index (χ2v) is 8.75. The zero-order chi connectivity index (χ0) is 19.5. The van der Waals surface area contributed by atoms with Crippen LogP contribution in [0.5, 0.6) is 0 Å². The molecule has 0 aliphatic carbocycles. The van der Waals surface area contributed by atoms with Crippen molar-refractivity contribution in [3.8, 4) is 0 Å². The molecule has 0 aromatic rings. The molecule has 0 unspecified atom stereocenters. The van der Waals surface area contributed by atoms with Gasteiger partial charge in [-0.25, -0.2) is 10.0 Å². The molecule has 0 spiro atoms.